The first-order valence-corrected chi connectivity index (χ1v) is 7.77. The molecule has 0 radical (unpaired) electrons. The van der Waals surface area contributed by atoms with Gasteiger partial charge in [-0.1, -0.05) is 5.16 Å². The van der Waals surface area contributed by atoms with Gasteiger partial charge in [0.15, 0.2) is 5.76 Å². The Balaban J connectivity index is 1.63. The predicted molar refractivity (Wildman–Crippen MR) is 76.9 cm³/mol. The van der Waals surface area contributed by atoms with Gasteiger partial charge in [-0.25, -0.2) is 4.79 Å². The van der Waals surface area contributed by atoms with Crippen LogP contribution in [0.15, 0.2) is 10.6 Å². The summed E-state index contributed by atoms with van der Waals surface area (Å²) in [5, 5.41) is 7.00. The van der Waals surface area contributed by atoms with Crippen LogP contribution in [0.5, 0.6) is 0 Å². The second-order valence-corrected chi connectivity index (χ2v) is 6.01. The molecule has 2 saturated heterocycles. The Kier molecular flexibility index (Phi) is 4.14. The molecule has 2 aliphatic rings. The Hall–Kier alpha value is -1.56. The quantitative estimate of drug-likeness (QED) is 0.929. The van der Waals surface area contributed by atoms with Crippen molar-refractivity contribution < 1.29 is 14.1 Å². The topological polar surface area (TPSA) is 67.6 Å². The molecule has 116 valence electrons. The highest BCUT2D eigenvalue weighted by Gasteiger charge is 2.34. The van der Waals surface area contributed by atoms with E-state index in [9.17, 15) is 4.79 Å². The summed E-state index contributed by atoms with van der Waals surface area (Å²) in [6.07, 6.45) is 4.16. The van der Waals surface area contributed by atoms with E-state index in [4.69, 9.17) is 9.26 Å². The standard InChI is InChI=1S/C15H23N3O3/c1-10-9-14(21-17-10)12-5-3-7-18(12)15(19)16-11(2)13-6-4-8-20-13/h9,11-13H,3-8H2,1-2H3,(H,16,19)/t11-,12+,13+/m1/s1. The Labute approximate surface area is 124 Å². The van der Waals surface area contributed by atoms with E-state index in [1.165, 1.54) is 0 Å². The summed E-state index contributed by atoms with van der Waals surface area (Å²) < 4.78 is 11.0. The van der Waals surface area contributed by atoms with Crippen LogP contribution in [0.25, 0.3) is 0 Å². The van der Waals surface area contributed by atoms with Gasteiger partial charge in [-0.05, 0) is 39.5 Å². The van der Waals surface area contributed by atoms with E-state index in [0.29, 0.717) is 0 Å². The van der Waals surface area contributed by atoms with Crippen molar-refractivity contribution in [3.8, 4) is 0 Å². The Morgan fingerprint density at radius 1 is 1.48 bits per heavy atom. The highest BCUT2D eigenvalue weighted by molar-refractivity contribution is 5.75. The maximum absolute atomic E-state index is 12.5. The monoisotopic (exact) mass is 293 g/mol. The van der Waals surface area contributed by atoms with Gasteiger partial charge in [-0.2, -0.15) is 0 Å². The third kappa shape index (κ3) is 3.05. The maximum Gasteiger partial charge on any atom is 0.318 e. The number of aryl methyl sites for hydroxylation is 1. The minimum atomic E-state index is -0.0328. The normalized spacial score (nSPS) is 27.0. The number of carbonyl (C=O) groups is 1. The van der Waals surface area contributed by atoms with Crippen molar-refractivity contribution in [3.05, 3.63) is 17.5 Å². The van der Waals surface area contributed by atoms with Crippen molar-refractivity contribution >= 4 is 6.03 Å². The minimum Gasteiger partial charge on any atom is -0.376 e. The number of ether oxygens (including phenoxy) is 1. The fourth-order valence-corrected chi connectivity index (χ4v) is 3.21. The first kappa shape index (κ1) is 14.4. The van der Waals surface area contributed by atoms with E-state index in [2.05, 4.69) is 10.5 Å². The van der Waals surface area contributed by atoms with Crippen molar-refractivity contribution in [2.45, 2.75) is 57.7 Å². The van der Waals surface area contributed by atoms with E-state index >= 15 is 0 Å². The molecule has 6 nitrogen and oxygen atoms in total. The summed E-state index contributed by atoms with van der Waals surface area (Å²) in [5.41, 5.74) is 0.852. The zero-order chi connectivity index (χ0) is 14.8. The first-order chi connectivity index (χ1) is 10.1. The third-order valence-corrected chi connectivity index (χ3v) is 4.36. The van der Waals surface area contributed by atoms with Gasteiger partial charge in [0.2, 0.25) is 0 Å². The van der Waals surface area contributed by atoms with Gasteiger partial charge >= 0.3 is 6.03 Å². The van der Waals surface area contributed by atoms with Gasteiger partial charge in [0.1, 0.15) is 0 Å². The van der Waals surface area contributed by atoms with Gasteiger partial charge in [0.05, 0.1) is 23.9 Å². The van der Waals surface area contributed by atoms with Crippen molar-refractivity contribution in [2.75, 3.05) is 13.2 Å². The number of rotatable bonds is 3. The lowest BCUT2D eigenvalue weighted by Crippen LogP contribution is -2.47. The van der Waals surface area contributed by atoms with Crippen LogP contribution in [-0.4, -0.2) is 41.4 Å². The molecule has 21 heavy (non-hydrogen) atoms. The van der Waals surface area contributed by atoms with Gasteiger partial charge in [-0.15, -0.1) is 0 Å². The molecule has 1 aromatic heterocycles. The maximum atomic E-state index is 12.5. The van der Waals surface area contributed by atoms with Crippen LogP contribution < -0.4 is 5.32 Å². The molecule has 3 atom stereocenters. The predicted octanol–water partition coefficient (Wildman–Crippen LogP) is 2.40. The molecular formula is C15H23N3O3. The highest BCUT2D eigenvalue weighted by Crippen LogP contribution is 2.32. The Morgan fingerprint density at radius 2 is 2.33 bits per heavy atom. The number of urea groups is 1. The highest BCUT2D eigenvalue weighted by atomic mass is 16.5. The molecule has 0 spiro atoms. The lowest BCUT2D eigenvalue weighted by molar-refractivity contribution is 0.0825. The van der Waals surface area contributed by atoms with Gasteiger partial charge in [-0.3, -0.25) is 0 Å². The molecule has 1 N–H and O–H groups in total. The second-order valence-electron chi connectivity index (χ2n) is 6.01. The number of aromatic nitrogens is 1. The molecule has 0 unspecified atom stereocenters. The molecule has 0 aliphatic carbocycles. The van der Waals surface area contributed by atoms with Crippen molar-refractivity contribution in [2.24, 2.45) is 0 Å². The van der Waals surface area contributed by atoms with E-state index < -0.39 is 0 Å². The number of nitrogens with zero attached hydrogens (tertiary/aromatic N) is 2. The van der Waals surface area contributed by atoms with E-state index in [1.807, 2.05) is 24.8 Å². The molecular weight excluding hydrogens is 270 g/mol. The number of amides is 2. The summed E-state index contributed by atoms with van der Waals surface area (Å²) in [5.74, 6) is 0.782. The molecule has 2 aliphatic heterocycles. The molecule has 0 bridgehead atoms. The summed E-state index contributed by atoms with van der Waals surface area (Å²) in [4.78, 5) is 14.4. The van der Waals surface area contributed by atoms with Crippen LogP contribution in [0.3, 0.4) is 0 Å². The molecule has 6 heteroatoms. The summed E-state index contributed by atoms with van der Waals surface area (Å²) >= 11 is 0. The van der Waals surface area contributed by atoms with E-state index in [0.717, 1.165) is 50.3 Å². The van der Waals surface area contributed by atoms with Crippen LogP contribution in [-0.2, 0) is 4.74 Å². The van der Waals surface area contributed by atoms with Crippen LogP contribution in [0.2, 0.25) is 0 Å². The summed E-state index contributed by atoms with van der Waals surface area (Å²) in [7, 11) is 0. The van der Waals surface area contributed by atoms with Crippen LogP contribution in [0.4, 0.5) is 4.79 Å². The molecule has 0 aromatic carbocycles. The zero-order valence-corrected chi connectivity index (χ0v) is 12.7. The van der Waals surface area contributed by atoms with Gasteiger partial charge in [0.25, 0.3) is 0 Å². The van der Waals surface area contributed by atoms with E-state index in [-0.39, 0.29) is 24.2 Å². The fourth-order valence-electron chi connectivity index (χ4n) is 3.21. The number of hydrogen-bond acceptors (Lipinski definition) is 4. The Bertz CT molecular complexity index is 496. The molecule has 3 heterocycles. The fraction of sp³-hybridized carbons (Fsp3) is 0.733. The number of hydrogen-bond donors (Lipinski definition) is 1. The van der Waals surface area contributed by atoms with Gasteiger partial charge < -0.3 is 19.5 Å². The van der Waals surface area contributed by atoms with Crippen LogP contribution in [0, 0.1) is 6.92 Å². The van der Waals surface area contributed by atoms with Crippen molar-refractivity contribution in [1.82, 2.24) is 15.4 Å². The molecule has 2 amide bonds. The Morgan fingerprint density at radius 3 is 3.00 bits per heavy atom. The zero-order valence-electron chi connectivity index (χ0n) is 12.7. The SMILES string of the molecule is Cc1cc([C@@H]2CCCN2C(=O)N[C@H](C)[C@@H]2CCCO2)on1. The molecule has 1 aromatic rings. The van der Waals surface area contributed by atoms with Gasteiger partial charge in [0, 0.05) is 19.2 Å². The third-order valence-electron chi connectivity index (χ3n) is 4.36. The van der Waals surface area contributed by atoms with Crippen LogP contribution >= 0.6 is 0 Å². The van der Waals surface area contributed by atoms with Crippen molar-refractivity contribution in [1.29, 1.82) is 0 Å². The molecule has 0 saturated carbocycles. The lowest BCUT2D eigenvalue weighted by atomic mass is 10.1. The smallest absolute Gasteiger partial charge is 0.318 e. The average Bonchev–Trinajstić information content (AvgIpc) is 3.19. The number of likely N-dealkylation sites (tertiary alicyclic amines) is 1. The lowest BCUT2D eigenvalue weighted by Gasteiger charge is -2.27. The summed E-state index contributed by atoms with van der Waals surface area (Å²) in [6, 6.07) is 1.93. The van der Waals surface area contributed by atoms with Crippen LogP contribution in [0.1, 0.15) is 50.1 Å². The first-order valence-electron chi connectivity index (χ1n) is 7.77. The number of nitrogens with one attached hydrogen (secondary N) is 1. The number of carbonyl (C=O) groups excluding carboxylic acids is 1. The minimum absolute atomic E-state index is 0.00268. The van der Waals surface area contributed by atoms with Crippen molar-refractivity contribution in [3.63, 3.8) is 0 Å². The molecule has 2 fully saturated rings. The second kappa shape index (κ2) is 6.05. The largest absolute Gasteiger partial charge is 0.376 e. The average molecular weight is 293 g/mol. The summed E-state index contributed by atoms with van der Waals surface area (Å²) in [6.45, 7) is 5.46. The van der Waals surface area contributed by atoms with E-state index in [1.54, 1.807) is 0 Å². The molecule has 3 rings (SSSR count).